The fourth-order valence-corrected chi connectivity index (χ4v) is 5.06. The third kappa shape index (κ3) is 5.71. The normalized spacial score (nSPS) is 14.7. The van der Waals surface area contributed by atoms with Gasteiger partial charge in [-0.05, 0) is 62.1 Å². The maximum absolute atomic E-state index is 13.2. The van der Waals surface area contributed by atoms with Crippen LogP contribution in [0.1, 0.15) is 46.2 Å². The highest BCUT2D eigenvalue weighted by Gasteiger charge is 2.33. The van der Waals surface area contributed by atoms with E-state index in [0.29, 0.717) is 43.9 Å². The maximum atomic E-state index is 13.2. The minimum Gasteiger partial charge on any atom is -0.493 e. The molecule has 0 spiro atoms. The number of ether oxygens (including phenoxy) is 1. The summed E-state index contributed by atoms with van der Waals surface area (Å²) in [4.78, 5) is 47.0. The first-order chi connectivity index (χ1) is 18.8. The monoisotopic (exact) mass is 531 g/mol. The Hall–Kier alpha value is -4.80. The van der Waals surface area contributed by atoms with Gasteiger partial charge in [0.2, 0.25) is 5.88 Å². The minimum atomic E-state index is -0.999. The first-order valence-electron chi connectivity index (χ1n) is 12.7. The Morgan fingerprint density at radius 2 is 1.85 bits per heavy atom. The minimum absolute atomic E-state index is 0.168. The van der Waals surface area contributed by atoms with Crippen molar-refractivity contribution < 1.29 is 24.5 Å². The number of piperidine rings is 1. The van der Waals surface area contributed by atoms with E-state index in [4.69, 9.17) is 4.74 Å². The number of hydrogen-bond donors (Lipinski definition) is 5. The van der Waals surface area contributed by atoms with Crippen molar-refractivity contribution in [1.82, 2.24) is 25.2 Å². The van der Waals surface area contributed by atoms with Crippen LogP contribution in [0, 0.1) is 12.8 Å². The van der Waals surface area contributed by atoms with Crippen LogP contribution in [0.3, 0.4) is 0 Å². The molecule has 1 fully saturated rings. The van der Waals surface area contributed by atoms with Crippen LogP contribution in [-0.2, 0) is 6.61 Å². The van der Waals surface area contributed by atoms with E-state index in [1.807, 2.05) is 37.3 Å². The molecule has 11 heteroatoms. The van der Waals surface area contributed by atoms with Crippen LogP contribution >= 0.6 is 0 Å². The quantitative estimate of drug-likeness (QED) is 0.243. The molecule has 5 N–H and O–H groups in total. The number of aromatic nitrogens is 3. The number of benzene rings is 2. The third-order valence-corrected chi connectivity index (χ3v) is 7.06. The number of likely N-dealkylation sites (tertiary alicyclic amines) is 1. The molecule has 2 aromatic heterocycles. The average molecular weight is 532 g/mol. The van der Waals surface area contributed by atoms with Gasteiger partial charge in [0.15, 0.2) is 0 Å². The van der Waals surface area contributed by atoms with Gasteiger partial charge in [-0.15, -0.1) is 0 Å². The molecule has 5 rings (SSSR count). The van der Waals surface area contributed by atoms with E-state index >= 15 is 0 Å². The summed E-state index contributed by atoms with van der Waals surface area (Å²) in [6, 6.07) is 15.9. The molecule has 1 aliphatic heterocycles. The van der Waals surface area contributed by atoms with E-state index in [1.165, 1.54) is 4.90 Å². The highest BCUT2D eigenvalue weighted by Crippen LogP contribution is 2.33. The number of amides is 2. The van der Waals surface area contributed by atoms with E-state index in [2.05, 4.69) is 20.3 Å². The number of para-hydroxylation sites is 1. The summed E-state index contributed by atoms with van der Waals surface area (Å²) in [5, 5.41) is 23.5. The Labute approximate surface area is 223 Å². The summed E-state index contributed by atoms with van der Waals surface area (Å²) in [5.41, 5.74) is 2.76. The van der Waals surface area contributed by atoms with Crippen molar-refractivity contribution >= 4 is 22.9 Å². The summed E-state index contributed by atoms with van der Waals surface area (Å²) in [7, 11) is 0. The van der Waals surface area contributed by atoms with Gasteiger partial charge in [0.05, 0.1) is 11.6 Å². The smallest absolute Gasteiger partial charge is 0.407 e. The van der Waals surface area contributed by atoms with Gasteiger partial charge in [-0.1, -0.05) is 18.2 Å². The van der Waals surface area contributed by atoms with E-state index in [9.17, 15) is 24.6 Å². The second-order valence-corrected chi connectivity index (χ2v) is 9.65. The second kappa shape index (κ2) is 10.9. The molecule has 1 atom stereocenters. The molecule has 3 heterocycles. The number of aryl methyl sites for hydroxylation is 1. The van der Waals surface area contributed by atoms with Gasteiger partial charge in [0.1, 0.15) is 18.1 Å². The maximum Gasteiger partial charge on any atom is 0.407 e. The highest BCUT2D eigenvalue weighted by molar-refractivity contribution is 5.94. The van der Waals surface area contributed by atoms with Crippen LogP contribution in [0.5, 0.6) is 11.6 Å². The van der Waals surface area contributed by atoms with Gasteiger partial charge in [-0.25, -0.2) is 9.59 Å². The Bertz CT molecular complexity index is 1550. The predicted octanol–water partition coefficient (Wildman–Crippen LogP) is 3.71. The Kier molecular flexibility index (Phi) is 7.22. The number of aromatic amines is 2. The molecule has 2 aromatic carbocycles. The fourth-order valence-electron chi connectivity index (χ4n) is 5.06. The van der Waals surface area contributed by atoms with Gasteiger partial charge < -0.3 is 30.2 Å². The lowest BCUT2D eigenvalue weighted by molar-refractivity contribution is 0.0875. The van der Waals surface area contributed by atoms with E-state index in [1.54, 1.807) is 24.3 Å². The number of carboxylic acid groups (broad SMARTS) is 1. The number of nitrogens with one attached hydrogen (secondary N) is 3. The zero-order valence-electron chi connectivity index (χ0n) is 21.3. The second-order valence-electron chi connectivity index (χ2n) is 9.65. The standard InChI is InChI=1S/C28H29N5O6/c1-16-14-19(21-4-2-3-5-22(21)29-16)15-39-20-8-6-18(7-9-20)25(34)30-23(24-26(35)32-27(36)31-24)17-10-12-33(13-11-17)28(37)38/h2-9,14,17,23,35H,10-13,15H2,1H3,(H,30,34)(H,37,38)(H2,31,32,36). The molecular weight excluding hydrogens is 502 g/mol. The number of hydrogen-bond acceptors (Lipinski definition) is 6. The molecular formula is C28H29N5O6. The van der Waals surface area contributed by atoms with Crippen molar-refractivity contribution in [3.8, 4) is 11.6 Å². The van der Waals surface area contributed by atoms with Crippen molar-refractivity contribution in [1.29, 1.82) is 0 Å². The highest BCUT2D eigenvalue weighted by atomic mass is 16.5. The molecule has 1 aliphatic rings. The van der Waals surface area contributed by atoms with E-state index in [0.717, 1.165) is 22.2 Å². The Morgan fingerprint density at radius 1 is 1.13 bits per heavy atom. The zero-order chi connectivity index (χ0) is 27.5. The molecule has 0 saturated carbocycles. The first-order valence-corrected chi connectivity index (χ1v) is 12.7. The molecule has 0 bridgehead atoms. The van der Waals surface area contributed by atoms with Gasteiger partial charge >= 0.3 is 11.8 Å². The summed E-state index contributed by atoms with van der Waals surface area (Å²) in [6.45, 7) is 2.86. The SMILES string of the molecule is Cc1cc(COc2ccc(C(=O)NC(c3[nH]c(=O)[nH]c3O)C3CCN(C(=O)O)CC3)cc2)c2ccccc2n1. The molecule has 11 nitrogen and oxygen atoms in total. The number of fused-ring (bicyclic) bond motifs is 1. The van der Waals surface area contributed by atoms with Gasteiger partial charge in [-0.2, -0.15) is 0 Å². The third-order valence-electron chi connectivity index (χ3n) is 7.06. The number of rotatable bonds is 7. The predicted molar refractivity (Wildman–Crippen MR) is 143 cm³/mol. The van der Waals surface area contributed by atoms with Crippen LogP contribution in [-0.4, -0.2) is 55.2 Å². The van der Waals surface area contributed by atoms with Crippen LogP contribution in [0.4, 0.5) is 4.79 Å². The lowest BCUT2D eigenvalue weighted by Gasteiger charge is -2.34. The van der Waals surface area contributed by atoms with Crippen LogP contribution in [0.2, 0.25) is 0 Å². The van der Waals surface area contributed by atoms with Crippen molar-refractivity contribution in [3.05, 3.63) is 87.6 Å². The van der Waals surface area contributed by atoms with Crippen molar-refractivity contribution in [2.75, 3.05) is 13.1 Å². The van der Waals surface area contributed by atoms with Gasteiger partial charge in [0, 0.05) is 35.3 Å². The summed E-state index contributed by atoms with van der Waals surface area (Å²) < 4.78 is 5.99. The van der Waals surface area contributed by atoms with Crippen molar-refractivity contribution in [2.24, 2.45) is 5.92 Å². The van der Waals surface area contributed by atoms with E-state index in [-0.39, 0.29) is 17.5 Å². The van der Waals surface area contributed by atoms with Crippen molar-refractivity contribution in [3.63, 3.8) is 0 Å². The van der Waals surface area contributed by atoms with Crippen LogP contribution in [0.25, 0.3) is 10.9 Å². The Balaban J connectivity index is 1.28. The molecule has 1 unspecified atom stereocenters. The molecule has 202 valence electrons. The largest absolute Gasteiger partial charge is 0.493 e. The average Bonchev–Trinajstić information content (AvgIpc) is 3.27. The molecule has 0 radical (unpaired) electrons. The topological polar surface area (TPSA) is 161 Å². The number of carbonyl (C=O) groups excluding carboxylic acids is 1. The molecule has 1 saturated heterocycles. The molecule has 2 amide bonds. The lowest BCUT2D eigenvalue weighted by Crippen LogP contribution is -2.42. The number of nitrogens with zero attached hydrogens (tertiary/aromatic N) is 2. The lowest BCUT2D eigenvalue weighted by atomic mass is 9.87. The summed E-state index contributed by atoms with van der Waals surface area (Å²) in [6.07, 6.45) is -0.0823. The zero-order valence-corrected chi connectivity index (χ0v) is 21.3. The van der Waals surface area contributed by atoms with Crippen molar-refractivity contribution in [2.45, 2.75) is 32.4 Å². The van der Waals surface area contributed by atoms with Gasteiger partial charge in [-0.3, -0.25) is 14.8 Å². The number of imidazole rings is 1. The van der Waals surface area contributed by atoms with Crippen LogP contribution in [0.15, 0.2) is 59.4 Å². The molecule has 39 heavy (non-hydrogen) atoms. The molecule has 0 aliphatic carbocycles. The van der Waals surface area contributed by atoms with E-state index < -0.39 is 23.7 Å². The molecule has 4 aromatic rings. The number of H-pyrrole nitrogens is 2. The summed E-state index contributed by atoms with van der Waals surface area (Å²) in [5.74, 6) is -0.351. The first kappa shape index (κ1) is 25.8. The van der Waals surface area contributed by atoms with Crippen LogP contribution < -0.4 is 15.7 Å². The number of aromatic hydroxyl groups is 1. The number of pyridine rings is 1. The van der Waals surface area contributed by atoms with Gasteiger partial charge in [0.25, 0.3) is 5.91 Å². The summed E-state index contributed by atoms with van der Waals surface area (Å²) >= 11 is 0. The fraction of sp³-hybridized carbons (Fsp3) is 0.286. The number of carbonyl (C=O) groups is 2. The Morgan fingerprint density at radius 3 is 2.51 bits per heavy atom.